The molecule has 318 valence electrons. The molecule has 13 nitrogen and oxygen atoms in total. The van der Waals surface area contributed by atoms with Crippen LogP contribution in [0.5, 0.6) is 23.0 Å². The fourth-order valence-corrected chi connectivity index (χ4v) is 14.6. The number of fused-ring (bicyclic) bond motifs is 5. The maximum absolute atomic E-state index is 13.8. The fourth-order valence-electron chi connectivity index (χ4n) is 14.6. The molecule has 2 saturated carbocycles. The van der Waals surface area contributed by atoms with Crippen LogP contribution in [0.4, 0.5) is 0 Å². The van der Waals surface area contributed by atoms with Gasteiger partial charge in [0, 0.05) is 64.8 Å². The quantitative estimate of drug-likeness (QED) is 0.229. The number of likely N-dealkylation sites (tertiary alicyclic amines) is 2. The van der Waals surface area contributed by atoms with Crippen LogP contribution in [-0.2, 0) is 65.2 Å². The van der Waals surface area contributed by atoms with Crippen LogP contribution in [0, 0.1) is 11.8 Å². The molecule has 2 spiro atoms. The molecule has 4 aliphatic heterocycles. The minimum Gasteiger partial charge on any atom is -0.479 e. The van der Waals surface area contributed by atoms with Gasteiger partial charge in [0.2, 0.25) is 0 Å². The number of hydrogen-bond donors (Lipinski definition) is 1. The van der Waals surface area contributed by atoms with E-state index >= 15 is 0 Å². The highest BCUT2D eigenvalue weighted by atomic mass is 16.6. The van der Waals surface area contributed by atoms with Crippen LogP contribution in [0.1, 0.15) is 123 Å². The number of rotatable bonds is 8. The van der Waals surface area contributed by atoms with E-state index in [2.05, 4.69) is 26.9 Å². The lowest BCUT2D eigenvalue weighted by atomic mass is 9.47. The van der Waals surface area contributed by atoms with Gasteiger partial charge in [-0.15, -0.1) is 0 Å². The molecule has 2 saturated heterocycles. The van der Waals surface area contributed by atoms with Crippen LogP contribution in [0.25, 0.3) is 0 Å². The average molecular weight is 830 g/mol. The van der Waals surface area contributed by atoms with E-state index < -0.39 is 46.2 Å². The molecule has 1 aromatic heterocycles. The monoisotopic (exact) mass is 829 g/mol. The van der Waals surface area contributed by atoms with Gasteiger partial charge in [0.1, 0.15) is 11.2 Å². The number of aromatic amines is 1. The summed E-state index contributed by atoms with van der Waals surface area (Å²) in [5, 5.41) is 0. The summed E-state index contributed by atoms with van der Waals surface area (Å²) in [5.74, 6) is 1.49. The third-order valence-corrected chi connectivity index (χ3v) is 16.8. The Morgan fingerprint density at radius 3 is 1.44 bits per heavy atom. The maximum Gasteiger partial charge on any atom is 0.308 e. The molecule has 2 aromatic carbocycles. The zero-order valence-corrected chi connectivity index (χ0v) is 35.1. The Bertz CT molecular complexity index is 2370. The van der Waals surface area contributed by atoms with Crippen LogP contribution in [-0.4, -0.2) is 88.1 Å². The van der Waals surface area contributed by atoms with Crippen molar-refractivity contribution in [2.75, 3.05) is 26.2 Å². The summed E-state index contributed by atoms with van der Waals surface area (Å²) in [5.41, 5.74) is 4.43. The molecule has 8 atom stereocenters. The van der Waals surface area contributed by atoms with Crippen molar-refractivity contribution in [3.05, 3.63) is 69.0 Å². The smallest absolute Gasteiger partial charge is 0.308 e. The largest absolute Gasteiger partial charge is 0.479 e. The van der Waals surface area contributed by atoms with Crippen LogP contribution in [0.2, 0.25) is 0 Å². The summed E-state index contributed by atoms with van der Waals surface area (Å²) in [7, 11) is 0. The third kappa shape index (κ3) is 4.54. The number of nitrogens with one attached hydrogen (secondary N) is 1. The highest BCUT2D eigenvalue weighted by molar-refractivity contribution is 5.77. The molecule has 0 amide bonds. The second-order valence-electron chi connectivity index (χ2n) is 20.0. The minimum atomic E-state index is -1.02. The number of ether oxygens (including phenoxy) is 6. The van der Waals surface area contributed by atoms with E-state index in [1.165, 1.54) is 53.4 Å². The SMILES string of the molecule is CC(=O)Oc1ccc2c3c1O[C@H]1c4[nH]c5c(c4C[C@@]4(OC(C)=O)[C@@H](C2)N(CC2CC2)CC[C@]314)C[C@@]1(OC(C)=O)[C@H]2Cc3ccc(OC(C)=O)c4c3[C@@]1(CCN2CC1CC1)[C@H]5O4. The highest BCUT2D eigenvalue weighted by Gasteiger charge is 2.79. The summed E-state index contributed by atoms with van der Waals surface area (Å²) in [4.78, 5) is 61.8. The molecule has 6 aliphatic carbocycles. The summed E-state index contributed by atoms with van der Waals surface area (Å²) >= 11 is 0. The Morgan fingerprint density at radius 1 is 0.639 bits per heavy atom. The topological polar surface area (TPSA) is 146 Å². The lowest BCUT2D eigenvalue weighted by molar-refractivity contribution is -0.210. The molecule has 4 bridgehead atoms. The Morgan fingerprint density at radius 2 is 1.07 bits per heavy atom. The van der Waals surface area contributed by atoms with Crippen molar-refractivity contribution in [3.63, 3.8) is 0 Å². The summed E-state index contributed by atoms with van der Waals surface area (Å²) in [6.07, 6.45) is 7.12. The fraction of sp³-hybridized carbons (Fsp3) is 0.583. The van der Waals surface area contributed by atoms with Crippen molar-refractivity contribution in [2.45, 2.75) is 138 Å². The summed E-state index contributed by atoms with van der Waals surface area (Å²) in [6, 6.07) is 7.60. The molecule has 0 radical (unpaired) electrons. The number of hydrogen-bond acceptors (Lipinski definition) is 12. The molecule has 1 N–H and O–H groups in total. The van der Waals surface area contributed by atoms with Crippen LogP contribution in [0.15, 0.2) is 24.3 Å². The number of benzene rings is 2. The maximum atomic E-state index is 13.8. The Labute approximate surface area is 353 Å². The number of carbonyl (C=O) groups excluding carboxylic acids is 4. The molecule has 4 fully saturated rings. The standard InChI is InChI=1S/C48H51N3O10/c1-23(52)56-33-11-9-29-17-35-47(60-25(3)54)19-31-32-20-48(61-26(4)55)36-18-30-10-12-34(57-24(2)53)42-38(30)46(48,14-16-51(36)22-28-7-8-28)44(59-42)40(32)49-39(31)43-45(47,37(29)41(33)58-43)13-15-50(35)21-27-5-6-27/h9-12,27-28,35-36,43-44,49H,5-8,13-22H2,1-4H3/t35-,36-,43+,44+,45+,46+,47-,48-/m1/s1. The van der Waals surface area contributed by atoms with Gasteiger partial charge in [-0.1, -0.05) is 12.1 Å². The number of H-pyrrole nitrogens is 1. The number of carbonyl (C=O) groups is 4. The number of esters is 4. The lowest BCUT2D eigenvalue weighted by Crippen LogP contribution is -2.76. The normalized spacial score (nSPS) is 35.1. The highest BCUT2D eigenvalue weighted by Crippen LogP contribution is 2.74. The minimum absolute atomic E-state index is 0.130. The van der Waals surface area contributed by atoms with Crippen molar-refractivity contribution < 1.29 is 47.6 Å². The first-order chi connectivity index (χ1) is 29.4. The van der Waals surface area contributed by atoms with Crippen molar-refractivity contribution in [3.8, 4) is 23.0 Å². The molecule has 10 aliphatic rings. The molecule has 0 unspecified atom stereocenters. The third-order valence-electron chi connectivity index (χ3n) is 16.8. The van der Waals surface area contributed by atoms with Gasteiger partial charge in [0.05, 0.1) is 34.3 Å². The van der Waals surface area contributed by atoms with E-state index in [9.17, 15) is 19.2 Å². The van der Waals surface area contributed by atoms with Gasteiger partial charge in [0.15, 0.2) is 35.2 Å². The lowest BCUT2D eigenvalue weighted by Gasteiger charge is -2.64. The number of nitrogens with zero attached hydrogens (tertiary/aromatic N) is 2. The first-order valence-corrected chi connectivity index (χ1v) is 22.5. The zero-order chi connectivity index (χ0) is 41.5. The summed E-state index contributed by atoms with van der Waals surface area (Å²) < 4.78 is 40.3. The van der Waals surface area contributed by atoms with E-state index in [1.807, 2.05) is 12.1 Å². The predicted molar refractivity (Wildman–Crippen MR) is 216 cm³/mol. The number of aromatic nitrogens is 1. The van der Waals surface area contributed by atoms with E-state index in [4.69, 9.17) is 28.4 Å². The first-order valence-electron chi connectivity index (χ1n) is 22.5. The first kappa shape index (κ1) is 36.7. The van der Waals surface area contributed by atoms with E-state index in [1.54, 1.807) is 0 Å². The van der Waals surface area contributed by atoms with Gasteiger partial charge in [-0.25, -0.2) is 0 Å². The molecule has 3 aromatic rings. The van der Waals surface area contributed by atoms with Gasteiger partial charge < -0.3 is 33.4 Å². The molecule has 61 heavy (non-hydrogen) atoms. The van der Waals surface area contributed by atoms with E-state index in [0.29, 0.717) is 73.4 Å². The van der Waals surface area contributed by atoms with E-state index in [-0.39, 0.29) is 24.0 Å². The van der Waals surface area contributed by atoms with Crippen molar-refractivity contribution in [1.82, 2.24) is 14.8 Å². The predicted octanol–water partition coefficient (Wildman–Crippen LogP) is 5.41. The van der Waals surface area contributed by atoms with Gasteiger partial charge in [0.25, 0.3) is 0 Å². The molecule has 13 heteroatoms. The Hall–Kier alpha value is -4.88. The van der Waals surface area contributed by atoms with Crippen molar-refractivity contribution in [2.24, 2.45) is 11.8 Å². The van der Waals surface area contributed by atoms with Crippen molar-refractivity contribution >= 4 is 23.9 Å². The van der Waals surface area contributed by atoms with E-state index in [0.717, 1.165) is 70.9 Å². The molecular weight excluding hydrogens is 779 g/mol. The van der Waals surface area contributed by atoms with Crippen LogP contribution < -0.4 is 18.9 Å². The Balaban J connectivity index is 1.06. The van der Waals surface area contributed by atoms with Gasteiger partial charge in [-0.05, 0) is 111 Å². The van der Waals surface area contributed by atoms with Crippen LogP contribution in [0.3, 0.4) is 0 Å². The second-order valence-corrected chi connectivity index (χ2v) is 20.0. The Kier molecular flexibility index (Phi) is 7.21. The van der Waals surface area contributed by atoms with Gasteiger partial charge in [-0.2, -0.15) is 0 Å². The summed E-state index contributed by atoms with van der Waals surface area (Å²) in [6.45, 7) is 9.35. The molecular formula is C48H51N3O10. The number of piperidine rings is 2. The zero-order valence-electron chi connectivity index (χ0n) is 35.1. The van der Waals surface area contributed by atoms with Crippen molar-refractivity contribution in [1.29, 1.82) is 0 Å². The van der Waals surface area contributed by atoms with Gasteiger partial charge in [-0.3, -0.25) is 29.0 Å². The van der Waals surface area contributed by atoms with Gasteiger partial charge >= 0.3 is 23.9 Å². The van der Waals surface area contributed by atoms with Crippen LogP contribution >= 0.6 is 0 Å². The molecule has 13 rings (SSSR count). The molecule has 5 heterocycles. The second kappa shape index (κ2) is 12.0. The average Bonchev–Trinajstić information content (AvgIpc) is 4.10.